The van der Waals surface area contributed by atoms with Gasteiger partial charge in [-0.2, -0.15) is 0 Å². The number of hydrogen-bond acceptors (Lipinski definition) is 4. The summed E-state index contributed by atoms with van der Waals surface area (Å²) in [7, 11) is 1.92. The van der Waals surface area contributed by atoms with E-state index < -0.39 is 0 Å². The molecule has 6 nitrogen and oxygen atoms in total. The van der Waals surface area contributed by atoms with Crippen molar-refractivity contribution >= 4 is 0 Å². The van der Waals surface area contributed by atoms with Crippen LogP contribution in [0, 0.1) is 0 Å². The van der Waals surface area contributed by atoms with Crippen LogP contribution >= 0.6 is 0 Å². The summed E-state index contributed by atoms with van der Waals surface area (Å²) < 4.78 is 3.64. The summed E-state index contributed by atoms with van der Waals surface area (Å²) in [5, 5.41) is 11.8. The Kier molecular flexibility index (Phi) is 2.60. The van der Waals surface area contributed by atoms with E-state index in [1.54, 1.807) is 10.9 Å². The molecule has 3 rings (SSSR count). The summed E-state index contributed by atoms with van der Waals surface area (Å²) in [5.41, 5.74) is 1.15. The van der Waals surface area contributed by atoms with Crippen molar-refractivity contribution in [3.63, 3.8) is 0 Å². The van der Waals surface area contributed by atoms with Gasteiger partial charge in [0, 0.05) is 19.4 Å². The summed E-state index contributed by atoms with van der Waals surface area (Å²) in [6.07, 6.45) is 3.60. The quantitative estimate of drug-likeness (QED) is 0.688. The Balaban J connectivity index is 1.96. The Morgan fingerprint density at radius 1 is 1.11 bits per heavy atom. The van der Waals surface area contributed by atoms with Crippen molar-refractivity contribution in [3.05, 3.63) is 48.3 Å². The normalized spacial score (nSPS) is 10.7. The Bertz CT molecular complexity index is 639. The maximum absolute atomic E-state index is 4.26. The molecule has 0 spiro atoms. The number of rotatable bonds is 3. The number of nitrogens with zero attached hydrogens (tertiary/aromatic N) is 6. The van der Waals surface area contributed by atoms with E-state index in [-0.39, 0.29) is 0 Å². The van der Waals surface area contributed by atoms with Crippen LogP contribution in [-0.4, -0.2) is 29.8 Å². The molecule has 18 heavy (non-hydrogen) atoms. The number of aryl methyl sites for hydroxylation is 1. The Hall–Kier alpha value is -2.50. The smallest absolute Gasteiger partial charge is 0.218 e. The van der Waals surface area contributed by atoms with Crippen LogP contribution in [-0.2, 0) is 13.6 Å². The number of imidazole rings is 1. The minimum Gasteiger partial charge on any atom is -0.331 e. The molecule has 0 N–H and O–H groups in total. The molecule has 0 fully saturated rings. The second-order valence-corrected chi connectivity index (χ2v) is 4.01. The molecule has 0 amide bonds. The molecule has 0 saturated heterocycles. The van der Waals surface area contributed by atoms with Crippen LogP contribution in [0.4, 0.5) is 0 Å². The maximum Gasteiger partial charge on any atom is 0.218 e. The lowest BCUT2D eigenvalue weighted by Crippen LogP contribution is -2.06. The minimum atomic E-state index is 0.635. The highest BCUT2D eigenvalue weighted by Crippen LogP contribution is 2.13. The van der Waals surface area contributed by atoms with E-state index in [0.29, 0.717) is 12.4 Å². The van der Waals surface area contributed by atoms with Gasteiger partial charge in [0.15, 0.2) is 5.82 Å². The first-order valence-corrected chi connectivity index (χ1v) is 5.62. The van der Waals surface area contributed by atoms with Gasteiger partial charge in [0.25, 0.3) is 0 Å². The van der Waals surface area contributed by atoms with Crippen molar-refractivity contribution in [2.45, 2.75) is 6.54 Å². The number of hydrogen-bond donors (Lipinski definition) is 0. The zero-order valence-corrected chi connectivity index (χ0v) is 9.93. The summed E-state index contributed by atoms with van der Waals surface area (Å²) in [5.74, 6) is 1.43. The zero-order chi connectivity index (χ0) is 12.4. The topological polar surface area (TPSA) is 61.4 Å². The molecular weight excluding hydrogens is 228 g/mol. The third-order valence-corrected chi connectivity index (χ3v) is 2.73. The Morgan fingerprint density at radius 3 is 2.67 bits per heavy atom. The lowest BCUT2D eigenvalue weighted by molar-refractivity contribution is 0.649. The fraction of sp³-hybridized carbons (Fsp3) is 0.167. The molecular formula is C12H12N6. The highest BCUT2D eigenvalue weighted by Gasteiger charge is 2.13. The van der Waals surface area contributed by atoms with Gasteiger partial charge in [-0.1, -0.05) is 30.3 Å². The van der Waals surface area contributed by atoms with E-state index in [4.69, 9.17) is 0 Å². The molecule has 2 heterocycles. The zero-order valence-electron chi connectivity index (χ0n) is 9.93. The second-order valence-electron chi connectivity index (χ2n) is 4.01. The van der Waals surface area contributed by atoms with Gasteiger partial charge in [-0.05, 0) is 16.0 Å². The van der Waals surface area contributed by atoms with Crippen LogP contribution in [0.15, 0.2) is 42.7 Å². The minimum absolute atomic E-state index is 0.635. The van der Waals surface area contributed by atoms with Crippen LogP contribution in [0.25, 0.3) is 11.6 Å². The van der Waals surface area contributed by atoms with E-state index >= 15 is 0 Å². The van der Waals surface area contributed by atoms with E-state index in [9.17, 15) is 0 Å². The van der Waals surface area contributed by atoms with Crippen molar-refractivity contribution < 1.29 is 0 Å². The summed E-state index contributed by atoms with van der Waals surface area (Å²) in [6, 6.07) is 10.1. The molecule has 0 aliphatic carbocycles. The van der Waals surface area contributed by atoms with Gasteiger partial charge >= 0.3 is 0 Å². The first kappa shape index (κ1) is 10.6. The second kappa shape index (κ2) is 4.40. The van der Waals surface area contributed by atoms with Gasteiger partial charge in [-0.15, -0.1) is 5.10 Å². The van der Waals surface area contributed by atoms with Crippen molar-refractivity contribution in [2.24, 2.45) is 7.05 Å². The average molecular weight is 240 g/mol. The molecule has 1 aromatic carbocycles. The lowest BCUT2D eigenvalue weighted by Gasteiger charge is -2.04. The Labute approximate surface area is 104 Å². The molecule has 6 heteroatoms. The third kappa shape index (κ3) is 1.88. The average Bonchev–Trinajstić information content (AvgIpc) is 2.99. The van der Waals surface area contributed by atoms with Crippen LogP contribution in [0.3, 0.4) is 0 Å². The van der Waals surface area contributed by atoms with E-state index in [1.165, 1.54) is 0 Å². The van der Waals surface area contributed by atoms with Crippen LogP contribution in [0.5, 0.6) is 0 Å². The Morgan fingerprint density at radius 2 is 1.94 bits per heavy atom. The van der Waals surface area contributed by atoms with Gasteiger partial charge < -0.3 is 4.57 Å². The van der Waals surface area contributed by atoms with Gasteiger partial charge in [0.05, 0.1) is 6.54 Å². The standard InChI is InChI=1S/C12H12N6/c1-17-8-7-13-11(17)12-14-15-16-18(12)9-10-5-3-2-4-6-10/h2-8H,9H2,1H3. The molecule has 2 aromatic heterocycles. The lowest BCUT2D eigenvalue weighted by atomic mass is 10.2. The summed E-state index contributed by atoms with van der Waals surface area (Å²) in [4.78, 5) is 4.26. The number of benzene rings is 1. The van der Waals surface area contributed by atoms with E-state index in [0.717, 1.165) is 11.4 Å². The molecule has 0 aliphatic heterocycles. The maximum atomic E-state index is 4.26. The summed E-state index contributed by atoms with van der Waals surface area (Å²) >= 11 is 0. The SMILES string of the molecule is Cn1ccnc1-c1nnnn1Cc1ccccc1. The molecule has 0 bridgehead atoms. The predicted molar refractivity (Wildman–Crippen MR) is 65.6 cm³/mol. The molecule has 0 radical (unpaired) electrons. The number of aromatic nitrogens is 6. The first-order chi connectivity index (χ1) is 8.84. The van der Waals surface area contributed by atoms with Crippen LogP contribution in [0.2, 0.25) is 0 Å². The monoisotopic (exact) mass is 240 g/mol. The van der Waals surface area contributed by atoms with Crippen LogP contribution in [0.1, 0.15) is 5.56 Å². The van der Waals surface area contributed by atoms with Gasteiger partial charge in [0.2, 0.25) is 5.82 Å². The molecule has 0 aliphatic rings. The molecule has 0 atom stereocenters. The molecule has 0 unspecified atom stereocenters. The fourth-order valence-corrected chi connectivity index (χ4v) is 1.81. The van der Waals surface area contributed by atoms with Crippen molar-refractivity contribution in [1.29, 1.82) is 0 Å². The van der Waals surface area contributed by atoms with Crippen molar-refractivity contribution in [1.82, 2.24) is 29.8 Å². The molecule has 90 valence electrons. The summed E-state index contributed by atoms with van der Waals surface area (Å²) in [6.45, 7) is 0.635. The van der Waals surface area contributed by atoms with E-state index in [1.807, 2.05) is 48.1 Å². The van der Waals surface area contributed by atoms with Crippen LogP contribution < -0.4 is 0 Å². The highest BCUT2D eigenvalue weighted by atomic mass is 15.5. The molecule has 0 saturated carbocycles. The first-order valence-electron chi connectivity index (χ1n) is 5.62. The van der Waals surface area contributed by atoms with E-state index in [2.05, 4.69) is 20.5 Å². The highest BCUT2D eigenvalue weighted by molar-refractivity contribution is 5.42. The van der Waals surface area contributed by atoms with Gasteiger partial charge in [-0.25, -0.2) is 9.67 Å². The fourth-order valence-electron chi connectivity index (χ4n) is 1.81. The molecule has 3 aromatic rings. The predicted octanol–water partition coefficient (Wildman–Crippen LogP) is 1.12. The largest absolute Gasteiger partial charge is 0.331 e. The van der Waals surface area contributed by atoms with Crippen molar-refractivity contribution in [2.75, 3.05) is 0 Å². The number of tetrazole rings is 1. The van der Waals surface area contributed by atoms with Gasteiger partial charge in [0.1, 0.15) is 0 Å². The van der Waals surface area contributed by atoms with Gasteiger partial charge in [-0.3, -0.25) is 0 Å². The third-order valence-electron chi connectivity index (χ3n) is 2.73. The van der Waals surface area contributed by atoms with Crippen molar-refractivity contribution in [3.8, 4) is 11.6 Å².